The van der Waals surface area contributed by atoms with E-state index in [1.54, 1.807) is 11.3 Å². The molecule has 2 rings (SSSR count). The zero-order chi connectivity index (χ0) is 11.7. The molecule has 0 spiro atoms. The number of rotatable bonds is 2. The fourth-order valence-electron chi connectivity index (χ4n) is 1.38. The average Bonchev–Trinajstić information content (AvgIpc) is 2.68. The molecule has 0 aliphatic heterocycles. The van der Waals surface area contributed by atoms with Gasteiger partial charge in [0.2, 0.25) is 0 Å². The normalized spacial score (nSPS) is 12.8. The first-order chi connectivity index (χ1) is 7.58. The Kier molecular flexibility index (Phi) is 3.56. The summed E-state index contributed by atoms with van der Waals surface area (Å²) >= 11 is 3.77. The van der Waals surface area contributed by atoms with Gasteiger partial charge in [0.05, 0.1) is 8.93 Å². The summed E-state index contributed by atoms with van der Waals surface area (Å²) in [6, 6.07) is 5.28. The quantitative estimate of drug-likeness (QED) is 0.821. The SMILES string of the molecule is NC(c1csc(I)c1)c1ccc(F)c(F)c1. The average molecular weight is 351 g/mol. The Hall–Kier alpha value is -0.530. The third-order valence-corrected chi connectivity index (χ3v) is 4.06. The minimum Gasteiger partial charge on any atom is -0.320 e. The summed E-state index contributed by atoms with van der Waals surface area (Å²) in [4.78, 5) is 0. The fraction of sp³-hybridized carbons (Fsp3) is 0.0909. The van der Waals surface area contributed by atoms with E-state index in [0.717, 1.165) is 20.6 Å². The number of hydrogen-bond acceptors (Lipinski definition) is 2. The monoisotopic (exact) mass is 351 g/mol. The van der Waals surface area contributed by atoms with Crippen LogP contribution in [0.4, 0.5) is 8.78 Å². The van der Waals surface area contributed by atoms with Gasteiger partial charge in [-0.1, -0.05) is 6.07 Å². The van der Waals surface area contributed by atoms with Gasteiger partial charge in [-0.05, 0) is 57.3 Å². The van der Waals surface area contributed by atoms with E-state index < -0.39 is 17.7 Å². The van der Waals surface area contributed by atoms with Crippen molar-refractivity contribution in [3.05, 3.63) is 55.3 Å². The zero-order valence-corrected chi connectivity index (χ0v) is 11.1. The summed E-state index contributed by atoms with van der Waals surface area (Å²) in [5, 5.41) is 1.92. The third kappa shape index (κ3) is 2.41. The molecular formula is C11H8F2INS. The third-order valence-electron chi connectivity index (χ3n) is 2.25. The van der Waals surface area contributed by atoms with Gasteiger partial charge < -0.3 is 5.73 Å². The van der Waals surface area contributed by atoms with Crippen molar-refractivity contribution in [1.29, 1.82) is 0 Å². The van der Waals surface area contributed by atoms with E-state index in [4.69, 9.17) is 5.73 Å². The molecule has 1 heterocycles. The molecule has 2 N–H and O–H groups in total. The van der Waals surface area contributed by atoms with Gasteiger partial charge in [0, 0.05) is 0 Å². The Bertz CT molecular complexity index is 512. The number of halogens is 3. The molecule has 1 aromatic carbocycles. The Morgan fingerprint density at radius 1 is 1.12 bits per heavy atom. The maximum Gasteiger partial charge on any atom is 0.159 e. The lowest BCUT2D eigenvalue weighted by Crippen LogP contribution is -2.11. The van der Waals surface area contributed by atoms with Crippen molar-refractivity contribution in [1.82, 2.24) is 0 Å². The molecule has 1 aromatic heterocycles. The first-order valence-corrected chi connectivity index (χ1v) is 6.48. The van der Waals surface area contributed by atoms with Crippen LogP contribution in [0.2, 0.25) is 0 Å². The minimum atomic E-state index is -0.863. The lowest BCUT2D eigenvalue weighted by atomic mass is 10.0. The van der Waals surface area contributed by atoms with Crippen LogP contribution in [0.5, 0.6) is 0 Å². The van der Waals surface area contributed by atoms with Crippen molar-refractivity contribution in [3.8, 4) is 0 Å². The van der Waals surface area contributed by atoms with Gasteiger partial charge in [0.1, 0.15) is 0 Å². The standard InChI is InChI=1S/C11H8F2INS/c12-8-2-1-6(3-9(8)13)11(15)7-4-10(14)16-5-7/h1-5,11H,15H2. The maximum absolute atomic E-state index is 13.0. The lowest BCUT2D eigenvalue weighted by Gasteiger charge is -2.10. The van der Waals surface area contributed by atoms with Crippen LogP contribution in [0.1, 0.15) is 17.2 Å². The van der Waals surface area contributed by atoms with Crippen LogP contribution >= 0.6 is 33.9 Å². The van der Waals surface area contributed by atoms with E-state index in [-0.39, 0.29) is 0 Å². The molecule has 0 bridgehead atoms. The van der Waals surface area contributed by atoms with Gasteiger partial charge in [-0.2, -0.15) is 0 Å². The molecule has 84 valence electrons. The molecule has 0 saturated heterocycles. The van der Waals surface area contributed by atoms with E-state index in [2.05, 4.69) is 22.6 Å². The number of thiophene rings is 1. The van der Waals surface area contributed by atoms with E-state index in [0.29, 0.717) is 5.56 Å². The largest absolute Gasteiger partial charge is 0.320 e. The van der Waals surface area contributed by atoms with Crippen LogP contribution in [-0.4, -0.2) is 0 Å². The molecular weight excluding hydrogens is 343 g/mol. The minimum absolute atomic E-state index is 0.408. The Morgan fingerprint density at radius 2 is 1.88 bits per heavy atom. The summed E-state index contributed by atoms with van der Waals surface area (Å²) in [6.45, 7) is 0. The first-order valence-electron chi connectivity index (χ1n) is 4.52. The molecule has 1 unspecified atom stereocenters. The van der Waals surface area contributed by atoms with E-state index in [1.807, 2.05) is 11.4 Å². The molecule has 2 aromatic rings. The highest BCUT2D eigenvalue weighted by molar-refractivity contribution is 14.1. The highest BCUT2D eigenvalue weighted by Crippen LogP contribution is 2.26. The van der Waals surface area contributed by atoms with Crippen LogP contribution < -0.4 is 5.73 Å². The number of benzene rings is 1. The summed E-state index contributed by atoms with van der Waals surface area (Å²) in [7, 11) is 0. The van der Waals surface area contributed by atoms with Crippen LogP contribution in [0.15, 0.2) is 29.6 Å². The number of nitrogens with two attached hydrogens (primary N) is 1. The lowest BCUT2D eigenvalue weighted by molar-refractivity contribution is 0.506. The van der Waals surface area contributed by atoms with Crippen molar-refractivity contribution in [3.63, 3.8) is 0 Å². The zero-order valence-electron chi connectivity index (χ0n) is 8.08. The van der Waals surface area contributed by atoms with Crippen LogP contribution in [0.25, 0.3) is 0 Å². The highest BCUT2D eigenvalue weighted by Gasteiger charge is 2.12. The van der Waals surface area contributed by atoms with Crippen LogP contribution in [-0.2, 0) is 0 Å². The Balaban J connectivity index is 2.33. The molecule has 16 heavy (non-hydrogen) atoms. The maximum atomic E-state index is 13.0. The molecule has 0 saturated carbocycles. The van der Waals surface area contributed by atoms with Gasteiger partial charge in [0.25, 0.3) is 0 Å². The Morgan fingerprint density at radius 3 is 2.44 bits per heavy atom. The molecule has 0 amide bonds. The smallest absolute Gasteiger partial charge is 0.159 e. The molecule has 0 fully saturated rings. The van der Waals surface area contributed by atoms with Crippen molar-refractivity contribution in [2.45, 2.75) is 6.04 Å². The van der Waals surface area contributed by atoms with Gasteiger partial charge in [0.15, 0.2) is 11.6 Å². The predicted molar refractivity (Wildman–Crippen MR) is 69.4 cm³/mol. The molecule has 1 nitrogen and oxygen atoms in total. The summed E-state index contributed by atoms with van der Waals surface area (Å²) in [6.07, 6.45) is 0. The van der Waals surface area contributed by atoms with Gasteiger partial charge in [-0.15, -0.1) is 11.3 Å². The van der Waals surface area contributed by atoms with E-state index in [1.165, 1.54) is 6.07 Å². The second kappa shape index (κ2) is 4.77. The summed E-state index contributed by atoms with van der Waals surface area (Å²) in [5.74, 6) is -1.71. The summed E-state index contributed by atoms with van der Waals surface area (Å²) < 4.78 is 26.9. The highest BCUT2D eigenvalue weighted by atomic mass is 127. The molecule has 0 aliphatic rings. The van der Waals surface area contributed by atoms with Crippen molar-refractivity contribution in [2.75, 3.05) is 0 Å². The van der Waals surface area contributed by atoms with Gasteiger partial charge in [-0.3, -0.25) is 0 Å². The predicted octanol–water partition coefficient (Wildman–Crippen LogP) is 3.68. The van der Waals surface area contributed by atoms with Gasteiger partial charge in [-0.25, -0.2) is 8.78 Å². The van der Waals surface area contributed by atoms with Crippen molar-refractivity contribution in [2.24, 2.45) is 5.73 Å². The fourth-order valence-corrected chi connectivity index (χ4v) is 2.79. The van der Waals surface area contributed by atoms with Crippen molar-refractivity contribution >= 4 is 33.9 Å². The van der Waals surface area contributed by atoms with E-state index in [9.17, 15) is 8.78 Å². The molecule has 0 radical (unpaired) electrons. The second-order valence-electron chi connectivity index (χ2n) is 3.34. The summed E-state index contributed by atoms with van der Waals surface area (Å²) in [5.41, 5.74) is 7.46. The van der Waals surface area contributed by atoms with Crippen LogP contribution in [0, 0.1) is 14.5 Å². The molecule has 1 atom stereocenters. The van der Waals surface area contributed by atoms with Gasteiger partial charge >= 0.3 is 0 Å². The van der Waals surface area contributed by atoms with Crippen LogP contribution in [0.3, 0.4) is 0 Å². The number of hydrogen-bond donors (Lipinski definition) is 1. The Labute approximate surface area is 109 Å². The molecule has 5 heteroatoms. The second-order valence-corrected chi connectivity index (χ2v) is 6.14. The first kappa shape index (κ1) is 11.9. The topological polar surface area (TPSA) is 26.0 Å². The van der Waals surface area contributed by atoms with Crippen molar-refractivity contribution < 1.29 is 8.78 Å². The van der Waals surface area contributed by atoms with E-state index >= 15 is 0 Å². The molecule has 0 aliphatic carbocycles.